The van der Waals surface area contributed by atoms with Gasteiger partial charge in [-0.05, 0) is 30.7 Å². The zero-order chi connectivity index (χ0) is 10.7. The van der Waals surface area contributed by atoms with E-state index < -0.39 is 5.38 Å². The van der Waals surface area contributed by atoms with Gasteiger partial charge in [-0.15, -0.1) is 11.6 Å². The van der Waals surface area contributed by atoms with Gasteiger partial charge in [-0.2, -0.15) is 0 Å². The lowest BCUT2D eigenvalue weighted by Crippen LogP contribution is -2.12. The average molecular weight is 278 g/mol. The third-order valence-electron chi connectivity index (χ3n) is 1.86. The largest absolute Gasteiger partial charge is 0.508 e. The van der Waals surface area contributed by atoms with Crippen LogP contribution in [0.5, 0.6) is 5.75 Å². The fourth-order valence-electron chi connectivity index (χ4n) is 1.15. The van der Waals surface area contributed by atoms with Crippen molar-refractivity contribution in [3.63, 3.8) is 0 Å². The molecule has 0 fully saturated rings. The van der Waals surface area contributed by atoms with E-state index in [9.17, 15) is 9.90 Å². The zero-order valence-corrected chi connectivity index (χ0v) is 9.97. The minimum absolute atomic E-state index is 0.124. The Labute approximate surface area is 96.0 Å². The summed E-state index contributed by atoms with van der Waals surface area (Å²) in [6.45, 7) is 1.63. The van der Waals surface area contributed by atoms with E-state index in [4.69, 9.17) is 11.6 Å². The predicted octanol–water partition coefficient (Wildman–Crippen LogP) is 3.10. The van der Waals surface area contributed by atoms with Crippen LogP contribution in [0.1, 0.15) is 22.8 Å². The van der Waals surface area contributed by atoms with Gasteiger partial charge in [0.05, 0.1) is 5.38 Å². The van der Waals surface area contributed by atoms with Gasteiger partial charge in [0.1, 0.15) is 5.75 Å². The van der Waals surface area contributed by atoms with Gasteiger partial charge in [0.2, 0.25) is 0 Å². The van der Waals surface area contributed by atoms with E-state index in [1.807, 2.05) is 0 Å². The zero-order valence-electron chi connectivity index (χ0n) is 7.63. The summed E-state index contributed by atoms with van der Waals surface area (Å²) in [5.41, 5.74) is 1.31. The number of hydrogen-bond donors (Lipinski definition) is 1. The molecule has 2 nitrogen and oxygen atoms in total. The summed E-state index contributed by atoms with van der Waals surface area (Å²) >= 11 is 8.96. The molecule has 1 aromatic rings. The van der Waals surface area contributed by atoms with Gasteiger partial charge in [0, 0.05) is 10.9 Å². The van der Waals surface area contributed by atoms with E-state index in [2.05, 4.69) is 15.9 Å². The highest BCUT2D eigenvalue weighted by Gasteiger charge is 2.15. The van der Waals surface area contributed by atoms with Gasteiger partial charge in [-0.3, -0.25) is 4.79 Å². The molecule has 1 unspecified atom stereocenters. The standard InChI is InChI=1S/C10H10BrClO2/c1-6(12)10(14)9-3-2-8(13)4-7(9)5-11/h2-4,6,13H,5H2,1H3. The maximum atomic E-state index is 11.6. The smallest absolute Gasteiger partial charge is 0.180 e. The molecule has 0 aliphatic rings. The van der Waals surface area contributed by atoms with Crippen LogP contribution < -0.4 is 0 Å². The summed E-state index contributed by atoms with van der Waals surface area (Å²) in [5, 5.41) is 9.20. The lowest BCUT2D eigenvalue weighted by molar-refractivity contribution is 0.0991. The van der Waals surface area contributed by atoms with Crippen molar-refractivity contribution in [3.8, 4) is 5.75 Å². The van der Waals surface area contributed by atoms with Crippen LogP contribution >= 0.6 is 27.5 Å². The van der Waals surface area contributed by atoms with Crippen molar-refractivity contribution in [1.82, 2.24) is 0 Å². The molecule has 76 valence electrons. The van der Waals surface area contributed by atoms with Crippen LogP contribution in [0.4, 0.5) is 0 Å². The molecule has 0 saturated carbocycles. The van der Waals surface area contributed by atoms with Crippen molar-refractivity contribution in [2.45, 2.75) is 17.6 Å². The molecule has 0 aliphatic carbocycles. The Bertz CT molecular complexity index is 350. The van der Waals surface area contributed by atoms with E-state index in [-0.39, 0.29) is 11.5 Å². The van der Waals surface area contributed by atoms with Crippen molar-refractivity contribution in [2.24, 2.45) is 0 Å². The number of Topliss-reactive ketones (excluding diaryl/α,β-unsaturated/α-hetero) is 1. The Morgan fingerprint density at radius 1 is 1.64 bits per heavy atom. The summed E-state index contributed by atoms with van der Waals surface area (Å²) in [5.74, 6) is 0.0272. The minimum Gasteiger partial charge on any atom is -0.508 e. The summed E-state index contributed by atoms with van der Waals surface area (Å²) in [7, 11) is 0. The number of alkyl halides is 2. The van der Waals surface area contributed by atoms with Crippen molar-refractivity contribution in [1.29, 1.82) is 0 Å². The van der Waals surface area contributed by atoms with Crippen molar-refractivity contribution < 1.29 is 9.90 Å². The summed E-state index contributed by atoms with van der Waals surface area (Å²) in [6.07, 6.45) is 0. The fraction of sp³-hybridized carbons (Fsp3) is 0.300. The Hall–Kier alpha value is -0.540. The van der Waals surface area contributed by atoms with Crippen molar-refractivity contribution in [3.05, 3.63) is 29.3 Å². The van der Waals surface area contributed by atoms with Crippen LogP contribution in [0, 0.1) is 0 Å². The lowest BCUT2D eigenvalue weighted by Gasteiger charge is -2.07. The van der Waals surface area contributed by atoms with Crippen LogP contribution in [0.15, 0.2) is 18.2 Å². The molecule has 4 heteroatoms. The van der Waals surface area contributed by atoms with E-state index in [0.29, 0.717) is 10.9 Å². The molecule has 0 aromatic heterocycles. The topological polar surface area (TPSA) is 37.3 Å². The molecular weight excluding hydrogens is 267 g/mol. The van der Waals surface area contributed by atoms with Gasteiger partial charge in [-0.1, -0.05) is 15.9 Å². The predicted molar refractivity (Wildman–Crippen MR) is 60.4 cm³/mol. The molecule has 0 bridgehead atoms. The number of phenols is 1. The number of rotatable bonds is 3. The summed E-state index contributed by atoms with van der Waals surface area (Å²) < 4.78 is 0. The number of hydrogen-bond acceptors (Lipinski definition) is 2. The molecular formula is C10H10BrClO2. The lowest BCUT2D eigenvalue weighted by atomic mass is 10.0. The number of ketones is 1. The quantitative estimate of drug-likeness (QED) is 0.681. The molecule has 1 atom stereocenters. The van der Waals surface area contributed by atoms with Gasteiger partial charge in [0.15, 0.2) is 5.78 Å². The van der Waals surface area contributed by atoms with Crippen LogP contribution in [0.25, 0.3) is 0 Å². The van der Waals surface area contributed by atoms with E-state index >= 15 is 0 Å². The molecule has 0 radical (unpaired) electrons. The van der Waals surface area contributed by atoms with E-state index in [0.717, 1.165) is 5.56 Å². The third kappa shape index (κ3) is 2.49. The first-order chi connectivity index (χ1) is 6.56. The molecule has 0 heterocycles. The Morgan fingerprint density at radius 2 is 2.29 bits per heavy atom. The molecule has 0 aliphatic heterocycles. The second kappa shape index (κ2) is 4.80. The van der Waals surface area contributed by atoms with Crippen LogP contribution in [0.3, 0.4) is 0 Å². The van der Waals surface area contributed by atoms with Gasteiger partial charge < -0.3 is 5.11 Å². The fourth-order valence-corrected chi connectivity index (χ4v) is 1.73. The Kier molecular flexibility index (Phi) is 3.96. The number of benzene rings is 1. The first-order valence-corrected chi connectivity index (χ1v) is 5.68. The maximum Gasteiger partial charge on any atom is 0.180 e. The van der Waals surface area contributed by atoms with Crippen molar-refractivity contribution >= 4 is 33.3 Å². The van der Waals surface area contributed by atoms with E-state index in [1.54, 1.807) is 19.1 Å². The number of phenolic OH excluding ortho intramolecular Hbond substituents is 1. The average Bonchev–Trinajstić information content (AvgIpc) is 2.16. The molecule has 1 N–H and O–H groups in total. The summed E-state index contributed by atoms with van der Waals surface area (Å²) in [6, 6.07) is 4.63. The van der Waals surface area contributed by atoms with Crippen LogP contribution in [-0.2, 0) is 5.33 Å². The second-order valence-corrected chi connectivity index (χ2v) is 4.17. The Balaban J connectivity index is 3.14. The molecule has 0 spiro atoms. The number of carbonyl (C=O) groups excluding carboxylic acids is 1. The van der Waals surface area contributed by atoms with Gasteiger partial charge >= 0.3 is 0 Å². The molecule has 14 heavy (non-hydrogen) atoms. The monoisotopic (exact) mass is 276 g/mol. The first kappa shape index (κ1) is 11.5. The molecule has 1 rings (SSSR count). The Morgan fingerprint density at radius 3 is 2.79 bits per heavy atom. The highest BCUT2D eigenvalue weighted by molar-refractivity contribution is 9.08. The highest BCUT2D eigenvalue weighted by atomic mass is 79.9. The molecule has 0 saturated heterocycles. The molecule has 1 aromatic carbocycles. The van der Waals surface area contributed by atoms with Crippen LogP contribution in [-0.4, -0.2) is 16.3 Å². The molecule has 0 amide bonds. The second-order valence-electron chi connectivity index (χ2n) is 2.96. The number of carbonyl (C=O) groups is 1. The number of aromatic hydroxyl groups is 1. The third-order valence-corrected chi connectivity index (χ3v) is 2.66. The SMILES string of the molecule is CC(Cl)C(=O)c1ccc(O)cc1CBr. The van der Waals surface area contributed by atoms with Gasteiger partial charge in [0.25, 0.3) is 0 Å². The highest BCUT2D eigenvalue weighted by Crippen LogP contribution is 2.21. The van der Waals surface area contributed by atoms with Crippen molar-refractivity contribution in [2.75, 3.05) is 0 Å². The normalized spacial score (nSPS) is 12.5. The summed E-state index contributed by atoms with van der Waals surface area (Å²) in [4.78, 5) is 11.6. The minimum atomic E-state index is -0.544. The van der Waals surface area contributed by atoms with Gasteiger partial charge in [-0.25, -0.2) is 0 Å². The number of halogens is 2. The van der Waals surface area contributed by atoms with Crippen LogP contribution in [0.2, 0.25) is 0 Å². The first-order valence-electron chi connectivity index (χ1n) is 4.12. The maximum absolute atomic E-state index is 11.6. The van der Waals surface area contributed by atoms with E-state index in [1.165, 1.54) is 6.07 Å².